The summed E-state index contributed by atoms with van der Waals surface area (Å²) >= 11 is 0. The fraction of sp³-hybridized carbons (Fsp3) is 0.176. The van der Waals surface area contributed by atoms with Crippen LogP contribution in [0.1, 0.15) is 40.1 Å². The molecule has 0 bridgehead atoms. The van der Waals surface area contributed by atoms with Gasteiger partial charge in [-0.15, -0.1) is 0 Å². The summed E-state index contributed by atoms with van der Waals surface area (Å²) in [6, 6.07) is 33.3. The van der Waals surface area contributed by atoms with Crippen molar-refractivity contribution in [2.75, 3.05) is 6.61 Å². The molecule has 0 radical (unpaired) electrons. The van der Waals surface area contributed by atoms with Gasteiger partial charge in [-0.1, -0.05) is 121 Å². The largest absolute Gasteiger partial charge is 0.464 e. The smallest absolute Gasteiger partial charge is 0.408 e. The lowest BCUT2D eigenvalue weighted by Crippen LogP contribution is -2.52. The van der Waals surface area contributed by atoms with Gasteiger partial charge in [-0.05, 0) is 23.6 Å². The van der Waals surface area contributed by atoms with Gasteiger partial charge in [0, 0.05) is 5.56 Å². The number of benzene rings is 4. The number of esters is 2. The Hall–Kier alpha value is -5.24. The van der Waals surface area contributed by atoms with Crippen molar-refractivity contribution in [2.45, 2.75) is 25.7 Å². The highest BCUT2D eigenvalue weighted by molar-refractivity contribution is 6.12. The van der Waals surface area contributed by atoms with Crippen LogP contribution in [-0.2, 0) is 30.4 Å². The Morgan fingerprint density at radius 3 is 1.67 bits per heavy atom. The summed E-state index contributed by atoms with van der Waals surface area (Å²) in [5.41, 5.74) is 2.19. The molecule has 4 rings (SSSR count). The molecule has 8 heteroatoms. The number of nitrogens with one attached hydrogen (secondary N) is 1. The van der Waals surface area contributed by atoms with Gasteiger partial charge in [0.05, 0.1) is 6.61 Å². The lowest BCUT2D eigenvalue weighted by atomic mass is 9.90. The predicted octanol–water partition coefficient (Wildman–Crippen LogP) is 5.68. The lowest BCUT2D eigenvalue weighted by Gasteiger charge is -2.27. The maximum Gasteiger partial charge on any atom is 0.408 e. The molecule has 0 aliphatic carbocycles. The maximum absolute atomic E-state index is 14.0. The highest BCUT2D eigenvalue weighted by atomic mass is 16.6. The van der Waals surface area contributed by atoms with E-state index in [-0.39, 0.29) is 18.8 Å². The molecule has 0 fully saturated rings. The third-order valence-electron chi connectivity index (χ3n) is 6.39. The number of carbonyl (C=O) groups is 4. The van der Waals surface area contributed by atoms with E-state index in [1.54, 1.807) is 97.9 Å². The van der Waals surface area contributed by atoms with E-state index in [2.05, 4.69) is 5.32 Å². The van der Waals surface area contributed by atoms with Crippen LogP contribution in [0.2, 0.25) is 0 Å². The Morgan fingerprint density at radius 2 is 1.14 bits per heavy atom. The van der Waals surface area contributed by atoms with Crippen molar-refractivity contribution in [1.82, 2.24) is 5.32 Å². The molecule has 0 aliphatic rings. The zero-order chi connectivity index (χ0) is 29.7. The number of hydrogen-bond donors (Lipinski definition) is 1. The van der Waals surface area contributed by atoms with Gasteiger partial charge in [-0.3, -0.25) is 9.59 Å². The summed E-state index contributed by atoms with van der Waals surface area (Å²) in [6.07, 6.45) is -1.89. The van der Waals surface area contributed by atoms with E-state index in [1.807, 2.05) is 18.2 Å². The average Bonchev–Trinajstić information content (AvgIpc) is 3.04. The van der Waals surface area contributed by atoms with E-state index < -0.39 is 41.9 Å². The van der Waals surface area contributed by atoms with Crippen LogP contribution in [0.5, 0.6) is 0 Å². The number of amides is 1. The number of rotatable bonds is 12. The van der Waals surface area contributed by atoms with Crippen molar-refractivity contribution >= 4 is 23.8 Å². The SMILES string of the molecule is CCOC(=O)[C@@H](NC(=O)OCc1ccccc1)[C@H](C(=O)OC(c1ccccc1)c1ccccc1)C(=O)c1ccccc1. The predicted molar refractivity (Wildman–Crippen MR) is 155 cm³/mol. The second-order valence-corrected chi connectivity index (χ2v) is 9.28. The summed E-state index contributed by atoms with van der Waals surface area (Å²) in [7, 11) is 0. The quantitative estimate of drug-likeness (QED) is 0.102. The maximum atomic E-state index is 14.0. The van der Waals surface area contributed by atoms with Gasteiger partial charge in [0.1, 0.15) is 6.61 Å². The van der Waals surface area contributed by atoms with Crippen molar-refractivity contribution in [3.05, 3.63) is 144 Å². The minimum atomic E-state index is -1.77. The molecule has 214 valence electrons. The van der Waals surface area contributed by atoms with Crippen molar-refractivity contribution in [2.24, 2.45) is 5.92 Å². The number of Topliss-reactive ketones (excluding diaryl/α,β-unsaturated/α-hetero) is 1. The molecular weight excluding hydrogens is 534 g/mol. The summed E-state index contributed by atoms with van der Waals surface area (Å²) in [5.74, 6) is -4.48. The zero-order valence-corrected chi connectivity index (χ0v) is 23.1. The molecule has 0 unspecified atom stereocenters. The van der Waals surface area contributed by atoms with Crippen LogP contribution < -0.4 is 5.32 Å². The Labute approximate surface area is 244 Å². The first-order chi connectivity index (χ1) is 20.5. The van der Waals surface area contributed by atoms with Crippen molar-refractivity contribution in [3.63, 3.8) is 0 Å². The van der Waals surface area contributed by atoms with Gasteiger partial charge in [-0.25, -0.2) is 9.59 Å². The third kappa shape index (κ3) is 7.91. The fourth-order valence-electron chi connectivity index (χ4n) is 4.35. The van der Waals surface area contributed by atoms with Crippen molar-refractivity contribution < 1.29 is 33.4 Å². The normalized spacial score (nSPS) is 12.0. The van der Waals surface area contributed by atoms with Crippen LogP contribution in [0.15, 0.2) is 121 Å². The first-order valence-electron chi connectivity index (χ1n) is 13.5. The molecule has 2 atom stereocenters. The van der Waals surface area contributed by atoms with Crippen LogP contribution >= 0.6 is 0 Å². The van der Waals surface area contributed by atoms with E-state index in [9.17, 15) is 19.2 Å². The molecule has 0 spiro atoms. The molecule has 42 heavy (non-hydrogen) atoms. The minimum absolute atomic E-state index is 0.0476. The molecule has 1 N–H and O–H groups in total. The topological polar surface area (TPSA) is 108 Å². The van der Waals surface area contributed by atoms with E-state index in [4.69, 9.17) is 14.2 Å². The number of ketones is 1. The summed E-state index contributed by atoms with van der Waals surface area (Å²) in [6.45, 7) is 1.44. The lowest BCUT2D eigenvalue weighted by molar-refractivity contribution is -0.158. The van der Waals surface area contributed by atoms with Crippen LogP contribution in [0, 0.1) is 5.92 Å². The first-order valence-corrected chi connectivity index (χ1v) is 13.5. The van der Waals surface area contributed by atoms with Crippen molar-refractivity contribution in [3.8, 4) is 0 Å². The molecule has 0 aromatic heterocycles. The number of ether oxygens (including phenoxy) is 3. The standard InChI is InChI=1S/C34H31NO7/c1-2-40-33(38)29(35-34(39)41-23-24-15-7-3-8-16-24)28(30(36)25-17-9-4-10-18-25)32(37)42-31(26-19-11-5-12-20-26)27-21-13-6-14-22-27/h3-22,28-29,31H,2,23H2,1H3,(H,35,39)/t28-,29-/m0/s1. The van der Waals surface area contributed by atoms with Gasteiger partial charge < -0.3 is 19.5 Å². The molecular formula is C34H31NO7. The van der Waals surface area contributed by atoms with Crippen LogP contribution in [-0.4, -0.2) is 36.5 Å². The van der Waals surface area contributed by atoms with Gasteiger partial charge in [0.25, 0.3) is 0 Å². The van der Waals surface area contributed by atoms with Crippen LogP contribution in [0.4, 0.5) is 4.79 Å². The molecule has 0 saturated carbocycles. The highest BCUT2D eigenvalue weighted by Gasteiger charge is 2.44. The second-order valence-electron chi connectivity index (χ2n) is 9.28. The van der Waals surface area contributed by atoms with Gasteiger partial charge in [0.2, 0.25) is 0 Å². The first kappa shape index (κ1) is 29.7. The average molecular weight is 566 g/mol. The van der Waals surface area contributed by atoms with Crippen LogP contribution in [0.3, 0.4) is 0 Å². The Bertz CT molecular complexity index is 1420. The molecule has 4 aromatic rings. The summed E-state index contributed by atoms with van der Waals surface area (Å²) in [4.78, 5) is 53.9. The van der Waals surface area contributed by atoms with E-state index in [1.165, 1.54) is 12.1 Å². The van der Waals surface area contributed by atoms with Gasteiger partial charge >= 0.3 is 18.0 Å². The van der Waals surface area contributed by atoms with Gasteiger partial charge in [-0.2, -0.15) is 0 Å². The van der Waals surface area contributed by atoms with Gasteiger partial charge in [0.15, 0.2) is 23.8 Å². The third-order valence-corrected chi connectivity index (χ3v) is 6.39. The zero-order valence-electron chi connectivity index (χ0n) is 23.1. The minimum Gasteiger partial charge on any atom is -0.464 e. The number of alkyl carbamates (subject to hydrolysis) is 1. The monoisotopic (exact) mass is 565 g/mol. The Morgan fingerprint density at radius 1 is 0.643 bits per heavy atom. The van der Waals surface area contributed by atoms with E-state index >= 15 is 0 Å². The van der Waals surface area contributed by atoms with Crippen LogP contribution in [0.25, 0.3) is 0 Å². The number of hydrogen-bond acceptors (Lipinski definition) is 7. The summed E-state index contributed by atoms with van der Waals surface area (Å²) < 4.78 is 16.5. The molecule has 4 aromatic carbocycles. The molecule has 0 heterocycles. The molecule has 0 aliphatic heterocycles. The fourth-order valence-corrected chi connectivity index (χ4v) is 4.35. The Kier molecular flexibility index (Phi) is 10.6. The summed E-state index contributed by atoms with van der Waals surface area (Å²) in [5, 5.41) is 2.40. The Balaban J connectivity index is 1.68. The van der Waals surface area contributed by atoms with E-state index in [0.29, 0.717) is 16.7 Å². The van der Waals surface area contributed by atoms with Crippen molar-refractivity contribution in [1.29, 1.82) is 0 Å². The van der Waals surface area contributed by atoms with E-state index in [0.717, 1.165) is 0 Å². The highest BCUT2D eigenvalue weighted by Crippen LogP contribution is 2.28. The molecule has 0 saturated heterocycles. The molecule has 1 amide bonds. The molecule has 8 nitrogen and oxygen atoms in total. The second kappa shape index (κ2) is 14.9. The number of carbonyl (C=O) groups excluding carboxylic acids is 4.